The molecule has 2 N–H and O–H groups in total. The first-order valence-corrected chi connectivity index (χ1v) is 15.0. The first kappa shape index (κ1) is 30.2. The number of hydrogen-bond donors (Lipinski definition) is 2. The van der Waals surface area contributed by atoms with Crippen molar-refractivity contribution in [2.24, 2.45) is 22.7 Å². The van der Waals surface area contributed by atoms with E-state index in [1.54, 1.807) is 6.08 Å². The van der Waals surface area contributed by atoms with Gasteiger partial charge in [-0.3, -0.25) is 0 Å². The zero-order valence-electron chi connectivity index (χ0n) is 24.5. The summed E-state index contributed by atoms with van der Waals surface area (Å²) in [5.74, 6) is -7.39. The number of allylic oxidation sites excluding steroid dienone is 1. The molecule has 0 radical (unpaired) electrons. The van der Waals surface area contributed by atoms with Crippen LogP contribution in [0.2, 0.25) is 0 Å². The summed E-state index contributed by atoms with van der Waals surface area (Å²) < 4.78 is 83.5. The lowest BCUT2D eigenvalue weighted by molar-refractivity contribution is -0.362. The molecule has 3 saturated carbocycles. The second-order valence-corrected chi connectivity index (χ2v) is 14.6. The van der Waals surface area contributed by atoms with Gasteiger partial charge < -0.3 is 19.7 Å². The van der Waals surface area contributed by atoms with Gasteiger partial charge in [-0.15, -0.1) is 0 Å². The van der Waals surface area contributed by atoms with Crippen LogP contribution in [0.5, 0.6) is 0 Å². The molecule has 1 saturated heterocycles. The Bertz CT molecular complexity index is 1290. The van der Waals surface area contributed by atoms with Gasteiger partial charge >= 0.3 is 12.1 Å². The van der Waals surface area contributed by atoms with E-state index in [-0.39, 0.29) is 42.9 Å². The summed E-state index contributed by atoms with van der Waals surface area (Å²) in [5.41, 5.74) is -2.61. The minimum atomic E-state index is -5.85. The van der Waals surface area contributed by atoms with Crippen molar-refractivity contribution in [1.29, 1.82) is 0 Å². The van der Waals surface area contributed by atoms with Gasteiger partial charge in [-0.25, -0.2) is 0 Å². The summed E-state index contributed by atoms with van der Waals surface area (Å²) >= 11 is 0. The Hall–Kier alpha value is -1.81. The van der Waals surface area contributed by atoms with Crippen molar-refractivity contribution in [2.75, 3.05) is 13.2 Å². The predicted molar refractivity (Wildman–Crippen MR) is 148 cm³/mol. The molecule has 232 valence electrons. The van der Waals surface area contributed by atoms with E-state index < -0.39 is 46.8 Å². The lowest BCUT2D eigenvalue weighted by atomic mass is 9.51. The maximum absolute atomic E-state index is 14.9. The molecular weight excluding hydrogens is 555 g/mol. The Morgan fingerprint density at radius 1 is 0.976 bits per heavy atom. The zero-order chi connectivity index (χ0) is 30.6. The van der Waals surface area contributed by atoms with Crippen LogP contribution in [0, 0.1) is 22.7 Å². The molecule has 1 aromatic carbocycles. The third-order valence-corrected chi connectivity index (χ3v) is 11.4. The van der Waals surface area contributed by atoms with E-state index in [1.165, 1.54) is 6.92 Å². The third-order valence-electron chi connectivity index (χ3n) is 11.4. The van der Waals surface area contributed by atoms with Gasteiger partial charge in [-0.2, -0.15) is 22.0 Å². The molecular formula is C33H41F5O4. The second-order valence-electron chi connectivity index (χ2n) is 14.6. The molecule has 1 unspecified atom stereocenters. The SMILES string of the molecule is C=Cc1cccc(C2CC3(C[C@]4(O)CC[C@@H]5C(=C24)CC[C@@]2(C)[C@H]5CC[C@@]2(O)C(F)(F)C(F)(F)F)OCC(C)(C)CO3)c1. The average molecular weight is 597 g/mol. The molecule has 6 atom stereocenters. The fraction of sp³-hybridized carbons (Fsp3) is 0.697. The largest absolute Gasteiger partial charge is 0.456 e. The number of benzene rings is 1. The van der Waals surface area contributed by atoms with E-state index in [0.717, 1.165) is 22.3 Å². The van der Waals surface area contributed by atoms with E-state index in [4.69, 9.17) is 9.47 Å². The van der Waals surface area contributed by atoms with Crippen LogP contribution in [0.3, 0.4) is 0 Å². The lowest BCUT2D eigenvalue weighted by Gasteiger charge is -2.59. The van der Waals surface area contributed by atoms with Gasteiger partial charge in [0.15, 0.2) is 5.79 Å². The molecule has 4 aliphatic carbocycles. The van der Waals surface area contributed by atoms with Gasteiger partial charge in [0.05, 0.1) is 18.8 Å². The fourth-order valence-electron chi connectivity index (χ4n) is 9.23. The molecule has 9 heteroatoms. The third kappa shape index (κ3) is 4.20. The quantitative estimate of drug-likeness (QED) is 0.280. The Morgan fingerprint density at radius 3 is 2.31 bits per heavy atom. The Kier molecular flexibility index (Phi) is 6.73. The molecule has 1 aromatic rings. The van der Waals surface area contributed by atoms with Crippen LogP contribution in [0.1, 0.15) is 89.2 Å². The molecule has 0 bridgehead atoms. The van der Waals surface area contributed by atoms with Crippen molar-refractivity contribution in [2.45, 2.75) is 107 Å². The highest BCUT2D eigenvalue weighted by atomic mass is 19.4. The molecule has 0 aromatic heterocycles. The van der Waals surface area contributed by atoms with E-state index in [0.29, 0.717) is 32.5 Å². The highest BCUT2D eigenvalue weighted by molar-refractivity contribution is 5.51. The number of hydrogen-bond acceptors (Lipinski definition) is 4. The number of rotatable bonds is 3. The Balaban J connectivity index is 1.44. The average Bonchev–Trinajstić information content (AvgIpc) is 3.21. The van der Waals surface area contributed by atoms with Gasteiger partial charge in [0, 0.05) is 29.6 Å². The minimum Gasteiger partial charge on any atom is -0.385 e. The number of aliphatic hydroxyl groups is 2. The topological polar surface area (TPSA) is 58.9 Å². The van der Waals surface area contributed by atoms with Crippen LogP contribution < -0.4 is 0 Å². The van der Waals surface area contributed by atoms with Crippen LogP contribution in [0.4, 0.5) is 22.0 Å². The maximum Gasteiger partial charge on any atom is 0.456 e. The van der Waals surface area contributed by atoms with Gasteiger partial charge in [0.25, 0.3) is 0 Å². The van der Waals surface area contributed by atoms with E-state index in [1.807, 2.05) is 24.3 Å². The molecule has 1 spiro atoms. The number of fused-ring (bicyclic) bond motifs is 4. The van der Waals surface area contributed by atoms with Gasteiger partial charge in [0.2, 0.25) is 0 Å². The van der Waals surface area contributed by atoms with Crippen LogP contribution >= 0.6 is 0 Å². The molecule has 4 nitrogen and oxygen atoms in total. The van der Waals surface area contributed by atoms with Gasteiger partial charge in [-0.1, -0.05) is 63.3 Å². The summed E-state index contributed by atoms with van der Waals surface area (Å²) in [6.07, 6.45) is -2.99. The van der Waals surface area contributed by atoms with E-state index >= 15 is 0 Å². The van der Waals surface area contributed by atoms with E-state index in [2.05, 4.69) is 20.4 Å². The van der Waals surface area contributed by atoms with Crippen molar-refractivity contribution in [3.8, 4) is 0 Å². The Labute approximate surface area is 244 Å². The number of ether oxygens (including phenoxy) is 2. The standard InChI is InChI=1S/C33H41F5O4/c1-5-20-7-6-8-21(15-20)24-16-30(41-18-27(2,3)19-42-30)17-29(39)13-10-22-23(26(24)29)9-12-28(4)25(22)11-14-31(28,40)32(34,35)33(36,37)38/h5-8,15,22,24-25,39-40H,1,9-14,16-19H2,2-4H3/t22-,24?,25+,28+,29-,31+/m1/s1. The smallest absolute Gasteiger partial charge is 0.385 e. The summed E-state index contributed by atoms with van der Waals surface area (Å²) in [4.78, 5) is 0. The summed E-state index contributed by atoms with van der Waals surface area (Å²) in [6, 6.07) is 7.88. The maximum atomic E-state index is 14.9. The summed E-state index contributed by atoms with van der Waals surface area (Å²) in [5, 5.41) is 23.6. The molecule has 1 aliphatic heterocycles. The van der Waals surface area contributed by atoms with Gasteiger partial charge in [0.1, 0.15) is 5.60 Å². The summed E-state index contributed by atoms with van der Waals surface area (Å²) in [7, 11) is 0. The van der Waals surface area contributed by atoms with Crippen molar-refractivity contribution >= 4 is 6.08 Å². The zero-order valence-corrected chi connectivity index (χ0v) is 24.5. The van der Waals surface area contributed by atoms with Crippen molar-refractivity contribution in [3.63, 3.8) is 0 Å². The molecule has 5 aliphatic rings. The van der Waals surface area contributed by atoms with Crippen LogP contribution in [0.15, 0.2) is 42.0 Å². The number of alkyl halides is 5. The van der Waals surface area contributed by atoms with Crippen LogP contribution in [-0.4, -0.2) is 52.5 Å². The van der Waals surface area contributed by atoms with Gasteiger partial charge in [-0.05, 0) is 67.1 Å². The molecule has 1 heterocycles. The molecule has 6 rings (SSSR count). The van der Waals surface area contributed by atoms with Crippen molar-refractivity contribution in [3.05, 3.63) is 53.1 Å². The number of halogens is 5. The fourth-order valence-corrected chi connectivity index (χ4v) is 9.23. The first-order chi connectivity index (χ1) is 19.4. The lowest BCUT2D eigenvalue weighted by Crippen LogP contribution is -2.65. The Morgan fingerprint density at radius 2 is 1.67 bits per heavy atom. The first-order valence-electron chi connectivity index (χ1n) is 15.0. The second kappa shape index (κ2) is 9.35. The van der Waals surface area contributed by atoms with Crippen molar-refractivity contribution < 1.29 is 41.6 Å². The minimum absolute atomic E-state index is 0.0169. The highest BCUT2D eigenvalue weighted by Gasteiger charge is 2.78. The summed E-state index contributed by atoms with van der Waals surface area (Å²) in [6.45, 7) is 10.4. The van der Waals surface area contributed by atoms with Crippen molar-refractivity contribution in [1.82, 2.24) is 0 Å². The predicted octanol–water partition coefficient (Wildman–Crippen LogP) is 7.55. The van der Waals surface area contributed by atoms with Crippen LogP contribution in [0.25, 0.3) is 6.08 Å². The van der Waals surface area contributed by atoms with Crippen LogP contribution in [-0.2, 0) is 9.47 Å². The molecule has 0 amide bonds. The monoisotopic (exact) mass is 596 g/mol. The molecule has 4 fully saturated rings. The molecule has 42 heavy (non-hydrogen) atoms. The normalized spacial score (nSPS) is 39.4. The highest BCUT2D eigenvalue weighted by Crippen LogP contribution is 2.70. The van der Waals surface area contributed by atoms with E-state index in [9.17, 15) is 32.2 Å².